The normalized spacial score (nSPS) is 10.0. The van der Waals surface area contributed by atoms with Crippen LogP contribution in [0.25, 0.3) is 10.6 Å². The zero-order valence-electron chi connectivity index (χ0n) is 7.04. The fourth-order valence-corrected chi connectivity index (χ4v) is 1.72. The molecule has 0 fully saturated rings. The van der Waals surface area contributed by atoms with Gasteiger partial charge in [0, 0.05) is 5.56 Å². The van der Waals surface area contributed by atoms with Crippen molar-refractivity contribution in [1.82, 2.24) is 10.2 Å². The molecule has 0 saturated heterocycles. The molecular formula is C8H6N4OS. The Labute approximate surface area is 83.6 Å². The third-order valence-electron chi connectivity index (χ3n) is 1.67. The Bertz CT molecular complexity index is 468. The van der Waals surface area contributed by atoms with E-state index in [1.807, 2.05) is 6.07 Å². The predicted octanol–water partition coefficient (Wildman–Crippen LogP) is 2.19. The Morgan fingerprint density at radius 1 is 1.29 bits per heavy atom. The van der Waals surface area contributed by atoms with Crippen LogP contribution in [0.1, 0.15) is 0 Å². The molecule has 0 bridgehead atoms. The van der Waals surface area contributed by atoms with Gasteiger partial charge in [-0.15, -0.1) is 15.1 Å². The first kappa shape index (κ1) is 8.76. The maximum Gasteiger partial charge on any atom is 0.203 e. The number of nitroso groups, excluding NO2 is 1. The minimum absolute atomic E-state index is 0.351. The van der Waals surface area contributed by atoms with Crippen LogP contribution in [0, 0.1) is 4.91 Å². The molecule has 2 rings (SSSR count). The van der Waals surface area contributed by atoms with Crippen molar-refractivity contribution in [2.75, 3.05) is 5.73 Å². The van der Waals surface area contributed by atoms with Crippen molar-refractivity contribution < 1.29 is 0 Å². The average Bonchev–Trinajstić information content (AvgIpc) is 2.65. The van der Waals surface area contributed by atoms with E-state index in [2.05, 4.69) is 15.4 Å². The van der Waals surface area contributed by atoms with Gasteiger partial charge in [0.25, 0.3) is 0 Å². The van der Waals surface area contributed by atoms with Gasteiger partial charge in [0.05, 0.1) is 0 Å². The average molecular weight is 206 g/mol. The zero-order chi connectivity index (χ0) is 9.97. The van der Waals surface area contributed by atoms with Crippen LogP contribution in [0.5, 0.6) is 0 Å². The summed E-state index contributed by atoms with van der Waals surface area (Å²) in [6, 6.07) is 6.93. The van der Waals surface area contributed by atoms with Crippen LogP contribution in [0.4, 0.5) is 10.8 Å². The summed E-state index contributed by atoms with van der Waals surface area (Å²) in [7, 11) is 0. The number of nitrogens with zero attached hydrogens (tertiary/aromatic N) is 3. The van der Waals surface area contributed by atoms with Crippen LogP contribution >= 0.6 is 11.3 Å². The van der Waals surface area contributed by atoms with Gasteiger partial charge in [0.1, 0.15) is 5.69 Å². The van der Waals surface area contributed by atoms with E-state index in [9.17, 15) is 4.91 Å². The molecule has 70 valence electrons. The highest BCUT2D eigenvalue weighted by Crippen LogP contribution is 2.32. The van der Waals surface area contributed by atoms with Crippen molar-refractivity contribution in [3.8, 4) is 10.6 Å². The first-order valence-corrected chi connectivity index (χ1v) is 4.64. The van der Waals surface area contributed by atoms with Gasteiger partial charge in [-0.1, -0.05) is 23.5 Å². The third-order valence-corrected chi connectivity index (χ3v) is 2.46. The van der Waals surface area contributed by atoms with E-state index in [4.69, 9.17) is 5.73 Å². The fraction of sp³-hybridized carbons (Fsp3) is 0. The Morgan fingerprint density at radius 3 is 2.71 bits per heavy atom. The number of anilines is 1. The fourth-order valence-electron chi connectivity index (χ4n) is 1.08. The van der Waals surface area contributed by atoms with Crippen molar-refractivity contribution in [1.29, 1.82) is 0 Å². The molecule has 0 saturated carbocycles. The minimum Gasteiger partial charge on any atom is -0.374 e. The molecular weight excluding hydrogens is 200 g/mol. The molecule has 5 nitrogen and oxygen atoms in total. The van der Waals surface area contributed by atoms with E-state index >= 15 is 0 Å². The second-order valence-electron chi connectivity index (χ2n) is 2.55. The molecule has 0 aliphatic heterocycles. The Morgan fingerprint density at radius 2 is 2.07 bits per heavy atom. The van der Waals surface area contributed by atoms with Gasteiger partial charge >= 0.3 is 0 Å². The molecule has 6 heteroatoms. The molecule has 0 spiro atoms. The maximum absolute atomic E-state index is 10.5. The minimum atomic E-state index is 0.351. The molecule has 1 aromatic heterocycles. The first-order valence-electron chi connectivity index (χ1n) is 3.83. The lowest BCUT2D eigenvalue weighted by Crippen LogP contribution is -1.80. The predicted molar refractivity (Wildman–Crippen MR) is 55.2 cm³/mol. The number of hydrogen-bond acceptors (Lipinski definition) is 6. The molecule has 2 N–H and O–H groups in total. The van der Waals surface area contributed by atoms with E-state index < -0.39 is 0 Å². The van der Waals surface area contributed by atoms with E-state index in [0.717, 1.165) is 0 Å². The molecule has 1 aromatic carbocycles. The summed E-state index contributed by atoms with van der Waals surface area (Å²) >= 11 is 1.23. The summed E-state index contributed by atoms with van der Waals surface area (Å²) in [5.41, 5.74) is 6.46. The van der Waals surface area contributed by atoms with Gasteiger partial charge in [0.15, 0.2) is 5.01 Å². The van der Waals surface area contributed by atoms with Gasteiger partial charge in [-0.25, -0.2) is 0 Å². The molecule has 2 aromatic rings. The zero-order valence-corrected chi connectivity index (χ0v) is 7.86. The van der Waals surface area contributed by atoms with Crippen LogP contribution in [0.15, 0.2) is 29.4 Å². The maximum atomic E-state index is 10.5. The molecule has 0 aliphatic rings. The lowest BCUT2D eigenvalue weighted by Gasteiger charge is -1.96. The number of benzene rings is 1. The lowest BCUT2D eigenvalue weighted by molar-refractivity contribution is 1.10. The van der Waals surface area contributed by atoms with Crippen LogP contribution in [0.3, 0.4) is 0 Å². The van der Waals surface area contributed by atoms with Crippen LogP contribution in [-0.4, -0.2) is 10.2 Å². The lowest BCUT2D eigenvalue weighted by atomic mass is 10.2. The summed E-state index contributed by atoms with van der Waals surface area (Å²) in [5, 5.41) is 11.4. The number of nitrogen functional groups attached to an aromatic ring is 1. The monoisotopic (exact) mass is 206 g/mol. The second-order valence-corrected chi connectivity index (χ2v) is 3.56. The number of nitrogens with two attached hydrogens (primary N) is 1. The standard InChI is InChI=1S/C8H6N4OS/c9-8-11-10-7(14-8)5-3-1-2-4-6(5)12-13/h1-4H,(H2,9,11). The molecule has 0 atom stereocenters. The molecule has 0 aliphatic carbocycles. The van der Waals surface area contributed by atoms with Crippen molar-refractivity contribution in [3.63, 3.8) is 0 Å². The van der Waals surface area contributed by atoms with Crippen molar-refractivity contribution in [3.05, 3.63) is 29.2 Å². The quantitative estimate of drug-likeness (QED) is 0.763. The largest absolute Gasteiger partial charge is 0.374 e. The van der Waals surface area contributed by atoms with Crippen molar-refractivity contribution in [2.24, 2.45) is 5.18 Å². The highest BCUT2D eigenvalue weighted by molar-refractivity contribution is 7.18. The summed E-state index contributed by atoms with van der Waals surface area (Å²) in [6.07, 6.45) is 0. The highest BCUT2D eigenvalue weighted by atomic mass is 32.1. The number of rotatable bonds is 2. The molecule has 0 amide bonds. The number of hydrogen-bond donors (Lipinski definition) is 1. The molecule has 14 heavy (non-hydrogen) atoms. The Balaban J connectivity index is 2.55. The first-order chi connectivity index (χ1) is 6.81. The second kappa shape index (κ2) is 3.51. The van der Waals surface area contributed by atoms with Gasteiger partial charge in [-0.05, 0) is 17.3 Å². The van der Waals surface area contributed by atoms with E-state index in [0.29, 0.717) is 21.4 Å². The third kappa shape index (κ3) is 1.47. The Kier molecular flexibility index (Phi) is 2.19. The number of aromatic nitrogens is 2. The van der Waals surface area contributed by atoms with Crippen molar-refractivity contribution >= 4 is 22.2 Å². The smallest absolute Gasteiger partial charge is 0.203 e. The van der Waals surface area contributed by atoms with Crippen molar-refractivity contribution in [2.45, 2.75) is 0 Å². The molecule has 0 radical (unpaired) electrons. The van der Waals surface area contributed by atoms with E-state index in [1.54, 1.807) is 18.2 Å². The van der Waals surface area contributed by atoms with Crippen LogP contribution in [-0.2, 0) is 0 Å². The van der Waals surface area contributed by atoms with Gasteiger partial charge in [-0.3, -0.25) is 0 Å². The van der Waals surface area contributed by atoms with Gasteiger partial charge < -0.3 is 5.73 Å². The van der Waals surface area contributed by atoms with Crippen LogP contribution < -0.4 is 5.73 Å². The topological polar surface area (TPSA) is 81.2 Å². The highest BCUT2D eigenvalue weighted by Gasteiger charge is 2.09. The molecule has 1 heterocycles. The van der Waals surface area contributed by atoms with Crippen LogP contribution in [0.2, 0.25) is 0 Å². The van der Waals surface area contributed by atoms with E-state index in [-0.39, 0.29) is 0 Å². The van der Waals surface area contributed by atoms with Gasteiger partial charge in [-0.2, -0.15) is 0 Å². The summed E-state index contributed by atoms with van der Waals surface area (Å²) in [6.45, 7) is 0. The van der Waals surface area contributed by atoms with Gasteiger partial charge in [0.2, 0.25) is 5.13 Å². The van der Waals surface area contributed by atoms with E-state index in [1.165, 1.54) is 11.3 Å². The summed E-state index contributed by atoms with van der Waals surface area (Å²) < 4.78 is 0. The SMILES string of the molecule is Nc1nnc(-c2ccccc2N=O)s1. The summed E-state index contributed by atoms with van der Waals surface area (Å²) in [5.74, 6) is 0. The summed E-state index contributed by atoms with van der Waals surface area (Å²) in [4.78, 5) is 10.5. The molecule has 0 unspecified atom stereocenters. The Hall–Kier alpha value is -1.82.